The van der Waals surface area contributed by atoms with Crippen molar-refractivity contribution in [3.8, 4) is 5.75 Å². The van der Waals surface area contributed by atoms with Gasteiger partial charge in [0.15, 0.2) is 5.75 Å². The van der Waals surface area contributed by atoms with Gasteiger partial charge in [-0.25, -0.2) is 0 Å². The minimum atomic E-state index is -0.352. The average Bonchev–Trinajstić information content (AvgIpc) is 2.32. The number of furan rings is 1. The Hall–Kier alpha value is -1.51. The van der Waals surface area contributed by atoms with Gasteiger partial charge in [-0.15, -0.1) is 0 Å². The van der Waals surface area contributed by atoms with Crippen LogP contribution in [0.15, 0.2) is 17.3 Å². The largest absolute Gasteiger partial charge is 0.461 e. The highest BCUT2D eigenvalue weighted by atomic mass is 16.5. The van der Waals surface area contributed by atoms with Crippen LogP contribution in [0.2, 0.25) is 0 Å². The SMILES string of the molecule is C=Cc1occ(OC(C)=O)c1C. The Labute approximate surface area is 70.6 Å². The van der Waals surface area contributed by atoms with Crippen LogP contribution in [0.3, 0.4) is 0 Å². The van der Waals surface area contributed by atoms with E-state index in [1.807, 2.05) is 0 Å². The average molecular weight is 166 g/mol. The van der Waals surface area contributed by atoms with E-state index in [1.165, 1.54) is 13.2 Å². The monoisotopic (exact) mass is 166 g/mol. The van der Waals surface area contributed by atoms with E-state index < -0.39 is 0 Å². The summed E-state index contributed by atoms with van der Waals surface area (Å²) in [7, 11) is 0. The summed E-state index contributed by atoms with van der Waals surface area (Å²) in [4.78, 5) is 10.6. The molecule has 1 heterocycles. The van der Waals surface area contributed by atoms with Gasteiger partial charge >= 0.3 is 5.97 Å². The fourth-order valence-electron chi connectivity index (χ4n) is 0.872. The number of carbonyl (C=O) groups is 1. The highest BCUT2D eigenvalue weighted by Gasteiger charge is 2.09. The summed E-state index contributed by atoms with van der Waals surface area (Å²) in [5.41, 5.74) is 0.792. The van der Waals surface area contributed by atoms with Crippen LogP contribution in [0.4, 0.5) is 0 Å². The van der Waals surface area contributed by atoms with Gasteiger partial charge in [-0.3, -0.25) is 4.79 Å². The lowest BCUT2D eigenvalue weighted by molar-refractivity contribution is -0.131. The lowest BCUT2D eigenvalue weighted by Gasteiger charge is -1.96. The molecule has 0 aliphatic rings. The van der Waals surface area contributed by atoms with Gasteiger partial charge in [0.25, 0.3) is 0 Å². The van der Waals surface area contributed by atoms with Gasteiger partial charge in [-0.05, 0) is 13.0 Å². The molecule has 0 aliphatic carbocycles. The van der Waals surface area contributed by atoms with Crippen LogP contribution >= 0.6 is 0 Å². The zero-order valence-corrected chi connectivity index (χ0v) is 7.09. The first-order valence-corrected chi connectivity index (χ1v) is 3.54. The molecule has 1 aromatic rings. The van der Waals surface area contributed by atoms with E-state index in [0.717, 1.165) is 5.56 Å². The molecule has 0 amide bonds. The van der Waals surface area contributed by atoms with E-state index in [-0.39, 0.29) is 5.97 Å². The third-order valence-corrected chi connectivity index (χ3v) is 1.47. The number of hydrogen-bond donors (Lipinski definition) is 0. The van der Waals surface area contributed by atoms with Crippen LogP contribution in [-0.4, -0.2) is 5.97 Å². The van der Waals surface area contributed by atoms with E-state index in [0.29, 0.717) is 11.5 Å². The number of esters is 1. The molecule has 0 saturated carbocycles. The van der Waals surface area contributed by atoms with Crippen molar-refractivity contribution in [3.05, 3.63) is 24.2 Å². The predicted octanol–water partition coefficient (Wildman–Crippen LogP) is 2.16. The topological polar surface area (TPSA) is 39.4 Å². The number of rotatable bonds is 2. The van der Waals surface area contributed by atoms with Crippen LogP contribution in [0.25, 0.3) is 6.08 Å². The molecule has 0 atom stereocenters. The maximum atomic E-state index is 10.6. The molecule has 0 radical (unpaired) electrons. The van der Waals surface area contributed by atoms with Crippen molar-refractivity contribution in [1.29, 1.82) is 0 Å². The second-order valence-corrected chi connectivity index (χ2v) is 2.39. The predicted molar refractivity (Wildman–Crippen MR) is 44.8 cm³/mol. The van der Waals surface area contributed by atoms with Gasteiger partial charge in [-0.2, -0.15) is 0 Å². The van der Waals surface area contributed by atoms with Crippen LogP contribution < -0.4 is 4.74 Å². The summed E-state index contributed by atoms with van der Waals surface area (Å²) in [6.07, 6.45) is 2.97. The molecule has 0 aromatic carbocycles. The number of carbonyl (C=O) groups excluding carboxylic acids is 1. The molecule has 0 bridgehead atoms. The smallest absolute Gasteiger partial charge is 0.308 e. The summed E-state index contributed by atoms with van der Waals surface area (Å²) in [6.45, 7) is 6.70. The van der Waals surface area contributed by atoms with Gasteiger partial charge in [0.05, 0.1) is 0 Å². The van der Waals surface area contributed by atoms with Gasteiger partial charge in [0, 0.05) is 12.5 Å². The first-order valence-electron chi connectivity index (χ1n) is 3.54. The second-order valence-electron chi connectivity index (χ2n) is 2.39. The summed E-state index contributed by atoms with van der Waals surface area (Å²) < 4.78 is 9.90. The van der Waals surface area contributed by atoms with Crippen LogP contribution in [0.1, 0.15) is 18.2 Å². The zero-order valence-electron chi connectivity index (χ0n) is 7.09. The van der Waals surface area contributed by atoms with Gasteiger partial charge < -0.3 is 9.15 Å². The Morgan fingerprint density at radius 2 is 2.42 bits per heavy atom. The van der Waals surface area contributed by atoms with Crippen molar-refractivity contribution in [2.75, 3.05) is 0 Å². The van der Waals surface area contributed by atoms with Crippen molar-refractivity contribution in [3.63, 3.8) is 0 Å². The molecule has 0 N–H and O–H groups in total. The van der Waals surface area contributed by atoms with Crippen molar-refractivity contribution in [2.24, 2.45) is 0 Å². The quantitative estimate of drug-likeness (QED) is 0.632. The van der Waals surface area contributed by atoms with Gasteiger partial charge in [0.1, 0.15) is 12.0 Å². The van der Waals surface area contributed by atoms with Crippen LogP contribution in [0, 0.1) is 6.92 Å². The molecule has 64 valence electrons. The molecule has 3 heteroatoms. The van der Waals surface area contributed by atoms with Crippen molar-refractivity contribution in [1.82, 2.24) is 0 Å². The zero-order chi connectivity index (χ0) is 9.14. The third kappa shape index (κ3) is 1.56. The molecule has 0 unspecified atom stereocenters. The van der Waals surface area contributed by atoms with Gasteiger partial charge in [0.2, 0.25) is 0 Å². The standard InChI is InChI=1S/C9H10O3/c1-4-8-6(2)9(5-11-8)12-7(3)10/h4-5H,1H2,2-3H3. The fraction of sp³-hybridized carbons (Fsp3) is 0.222. The first kappa shape index (κ1) is 8.59. The third-order valence-electron chi connectivity index (χ3n) is 1.47. The molecule has 0 fully saturated rings. The van der Waals surface area contributed by atoms with E-state index in [1.54, 1.807) is 13.0 Å². The Kier molecular flexibility index (Phi) is 2.33. The molecule has 1 rings (SSSR count). The summed E-state index contributed by atoms with van der Waals surface area (Å²) in [5.74, 6) is 0.734. The maximum Gasteiger partial charge on any atom is 0.308 e. The Morgan fingerprint density at radius 1 is 1.75 bits per heavy atom. The lowest BCUT2D eigenvalue weighted by atomic mass is 10.2. The van der Waals surface area contributed by atoms with Crippen molar-refractivity contribution >= 4 is 12.0 Å². The first-order chi connectivity index (χ1) is 5.65. The van der Waals surface area contributed by atoms with Crippen LogP contribution in [-0.2, 0) is 4.79 Å². The molecule has 0 saturated heterocycles. The Morgan fingerprint density at radius 3 is 2.83 bits per heavy atom. The van der Waals surface area contributed by atoms with Crippen molar-refractivity contribution in [2.45, 2.75) is 13.8 Å². The summed E-state index contributed by atoms with van der Waals surface area (Å²) in [5, 5.41) is 0. The Balaban J connectivity index is 2.94. The fourth-order valence-corrected chi connectivity index (χ4v) is 0.872. The second kappa shape index (κ2) is 3.26. The number of ether oxygens (including phenoxy) is 1. The molecule has 12 heavy (non-hydrogen) atoms. The minimum absolute atomic E-state index is 0.352. The van der Waals surface area contributed by atoms with E-state index >= 15 is 0 Å². The summed E-state index contributed by atoms with van der Waals surface area (Å²) in [6, 6.07) is 0. The molecule has 0 aliphatic heterocycles. The highest BCUT2D eigenvalue weighted by molar-refractivity contribution is 5.70. The highest BCUT2D eigenvalue weighted by Crippen LogP contribution is 2.24. The van der Waals surface area contributed by atoms with Crippen LogP contribution in [0.5, 0.6) is 5.75 Å². The molecular formula is C9H10O3. The maximum absolute atomic E-state index is 10.6. The lowest BCUT2D eigenvalue weighted by Crippen LogP contribution is -2.01. The summed E-state index contributed by atoms with van der Waals surface area (Å²) >= 11 is 0. The van der Waals surface area contributed by atoms with Gasteiger partial charge in [-0.1, -0.05) is 6.58 Å². The van der Waals surface area contributed by atoms with E-state index in [2.05, 4.69) is 6.58 Å². The van der Waals surface area contributed by atoms with Crippen molar-refractivity contribution < 1.29 is 13.9 Å². The van der Waals surface area contributed by atoms with E-state index in [4.69, 9.17) is 9.15 Å². The molecule has 0 spiro atoms. The normalized spacial score (nSPS) is 9.50. The molecule has 1 aromatic heterocycles. The molecule has 3 nitrogen and oxygen atoms in total. The molecular weight excluding hydrogens is 156 g/mol. The Bertz CT molecular complexity index is 310. The van der Waals surface area contributed by atoms with E-state index in [9.17, 15) is 4.79 Å². The minimum Gasteiger partial charge on any atom is -0.461 e. The number of hydrogen-bond acceptors (Lipinski definition) is 3.